The van der Waals surface area contributed by atoms with E-state index < -0.39 is 11.8 Å². The molecule has 1 N–H and O–H groups in total. The van der Waals surface area contributed by atoms with Crippen LogP contribution in [-0.4, -0.2) is 53.0 Å². The fraction of sp³-hybridized carbons (Fsp3) is 0.556. The number of hydrogen-bond donors (Lipinski definition) is 1. The number of imide groups is 1. The van der Waals surface area contributed by atoms with E-state index >= 15 is 0 Å². The van der Waals surface area contributed by atoms with Crippen LogP contribution in [0.5, 0.6) is 5.88 Å². The van der Waals surface area contributed by atoms with Crippen LogP contribution in [0.15, 0.2) is 18.3 Å². The van der Waals surface area contributed by atoms with Gasteiger partial charge in [0, 0.05) is 18.3 Å². The number of ether oxygens (including phenoxy) is 2. The first-order valence-corrected chi connectivity index (χ1v) is 8.94. The van der Waals surface area contributed by atoms with Crippen LogP contribution in [0.2, 0.25) is 0 Å². The Hall–Kier alpha value is -2.48. The van der Waals surface area contributed by atoms with E-state index in [1.165, 1.54) is 0 Å². The fourth-order valence-electron chi connectivity index (χ4n) is 4.15. The predicted molar refractivity (Wildman–Crippen MR) is 88.8 cm³/mol. The first-order chi connectivity index (χ1) is 12.6. The SMILES string of the molecule is CCOc1ncccc1CNC(=O)CN1C(=O)[C@H]2[C@H](C1=O)[C@H]1CC[C@H]2O1. The maximum absolute atomic E-state index is 12.6. The summed E-state index contributed by atoms with van der Waals surface area (Å²) in [5.74, 6) is -1.29. The Labute approximate surface area is 150 Å². The Morgan fingerprint density at radius 2 is 2.00 bits per heavy atom. The van der Waals surface area contributed by atoms with Gasteiger partial charge in [-0.05, 0) is 25.8 Å². The molecule has 0 radical (unpaired) electrons. The molecule has 2 bridgehead atoms. The van der Waals surface area contributed by atoms with Crippen LogP contribution < -0.4 is 10.1 Å². The van der Waals surface area contributed by atoms with Gasteiger partial charge in [0.15, 0.2) is 0 Å². The zero-order chi connectivity index (χ0) is 18.3. The van der Waals surface area contributed by atoms with Gasteiger partial charge in [-0.15, -0.1) is 0 Å². The van der Waals surface area contributed by atoms with Gasteiger partial charge in [-0.3, -0.25) is 19.3 Å². The molecule has 0 spiro atoms. The van der Waals surface area contributed by atoms with Crippen LogP contribution in [0.3, 0.4) is 0 Å². The molecule has 0 unspecified atom stereocenters. The molecule has 3 saturated heterocycles. The molecule has 1 aromatic rings. The number of likely N-dealkylation sites (tertiary alicyclic amines) is 1. The van der Waals surface area contributed by atoms with Crippen molar-refractivity contribution < 1.29 is 23.9 Å². The van der Waals surface area contributed by atoms with E-state index in [0.717, 1.165) is 23.3 Å². The van der Waals surface area contributed by atoms with Gasteiger partial charge in [0.05, 0.1) is 30.7 Å². The van der Waals surface area contributed by atoms with Crippen molar-refractivity contribution in [3.8, 4) is 5.88 Å². The molecule has 3 amide bonds. The lowest BCUT2D eigenvalue weighted by molar-refractivity contribution is -0.146. The number of pyridine rings is 1. The highest BCUT2D eigenvalue weighted by atomic mass is 16.5. The van der Waals surface area contributed by atoms with Crippen molar-refractivity contribution in [2.75, 3.05) is 13.2 Å². The third-order valence-electron chi connectivity index (χ3n) is 5.28. The van der Waals surface area contributed by atoms with Crippen LogP contribution >= 0.6 is 0 Å². The summed E-state index contributed by atoms with van der Waals surface area (Å²) in [5.41, 5.74) is 0.741. The quantitative estimate of drug-likeness (QED) is 0.732. The lowest BCUT2D eigenvalue weighted by Crippen LogP contribution is -2.42. The van der Waals surface area contributed by atoms with E-state index in [4.69, 9.17) is 9.47 Å². The molecule has 0 aliphatic carbocycles. The minimum Gasteiger partial charge on any atom is -0.478 e. The van der Waals surface area contributed by atoms with E-state index in [0.29, 0.717) is 12.5 Å². The number of hydrogen-bond acceptors (Lipinski definition) is 6. The van der Waals surface area contributed by atoms with Crippen molar-refractivity contribution in [3.63, 3.8) is 0 Å². The van der Waals surface area contributed by atoms with Crippen molar-refractivity contribution in [1.82, 2.24) is 15.2 Å². The van der Waals surface area contributed by atoms with Crippen LogP contribution in [0.4, 0.5) is 0 Å². The normalized spacial score (nSPS) is 29.2. The molecule has 1 aromatic heterocycles. The molecule has 0 aromatic carbocycles. The van der Waals surface area contributed by atoms with Gasteiger partial charge in [-0.25, -0.2) is 4.98 Å². The Kier molecular flexibility index (Phi) is 4.36. The summed E-state index contributed by atoms with van der Waals surface area (Å²) >= 11 is 0. The van der Waals surface area contributed by atoms with Gasteiger partial charge in [-0.1, -0.05) is 6.07 Å². The van der Waals surface area contributed by atoms with Gasteiger partial charge in [-0.2, -0.15) is 0 Å². The average Bonchev–Trinajstić information content (AvgIpc) is 3.31. The van der Waals surface area contributed by atoms with Crippen LogP contribution in [-0.2, 0) is 25.7 Å². The van der Waals surface area contributed by atoms with Crippen molar-refractivity contribution in [3.05, 3.63) is 23.9 Å². The second-order valence-corrected chi connectivity index (χ2v) is 6.78. The molecule has 4 atom stereocenters. The molecular weight excluding hydrogens is 338 g/mol. The van der Waals surface area contributed by atoms with E-state index in [2.05, 4.69) is 10.3 Å². The molecule has 3 aliphatic heterocycles. The van der Waals surface area contributed by atoms with Gasteiger partial charge in [0.25, 0.3) is 0 Å². The zero-order valence-electron chi connectivity index (χ0n) is 14.5. The first-order valence-electron chi connectivity index (χ1n) is 8.94. The summed E-state index contributed by atoms with van der Waals surface area (Å²) in [4.78, 5) is 42.6. The minimum atomic E-state index is -0.406. The molecule has 3 aliphatic rings. The van der Waals surface area contributed by atoms with Crippen molar-refractivity contribution in [2.24, 2.45) is 11.8 Å². The summed E-state index contributed by atoms with van der Waals surface area (Å²) in [5, 5.41) is 2.73. The van der Waals surface area contributed by atoms with Crippen molar-refractivity contribution >= 4 is 17.7 Å². The fourth-order valence-corrected chi connectivity index (χ4v) is 4.15. The largest absolute Gasteiger partial charge is 0.478 e. The number of nitrogens with one attached hydrogen (secondary N) is 1. The van der Waals surface area contributed by atoms with E-state index in [-0.39, 0.29) is 43.0 Å². The second-order valence-electron chi connectivity index (χ2n) is 6.78. The number of nitrogens with zero attached hydrogens (tertiary/aromatic N) is 2. The van der Waals surface area contributed by atoms with Gasteiger partial charge in [0.1, 0.15) is 6.54 Å². The van der Waals surface area contributed by atoms with Gasteiger partial charge < -0.3 is 14.8 Å². The average molecular weight is 359 g/mol. The number of carbonyl (C=O) groups excluding carboxylic acids is 3. The molecule has 3 fully saturated rings. The van der Waals surface area contributed by atoms with Crippen LogP contribution in [0.25, 0.3) is 0 Å². The lowest BCUT2D eigenvalue weighted by atomic mass is 9.81. The highest BCUT2D eigenvalue weighted by Crippen LogP contribution is 2.48. The molecule has 4 rings (SSSR count). The molecule has 8 nitrogen and oxygen atoms in total. The Morgan fingerprint density at radius 1 is 1.31 bits per heavy atom. The maximum atomic E-state index is 12.6. The maximum Gasteiger partial charge on any atom is 0.240 e. The van der Waals surface area contributed by atoms with Crippen LogP contribution in [0.1, 0.15) is 25.3 Å². The minimum absolute atomic E-state index is 0.168. The molecular formula is C18H21N3O5. The lowest BCUT2D eigenvalue weighted by Gasteiger charge is -2.17. The molecule has 0 saturated carbocycles. The number of amides is 3. The Morgan fingerprint density at radius 3 is 2.65 bits per heavy atom. The molecule has 8 heteroatoms. The number of carbonyl (C=O) groups is 3. The predicted octanol–water partition coefficient (Wildman–Crippen LogP) is 0.259. The van der Waals surface area contributed by atoms with Gasteiger partial charge >= 0.3 is 0 Å². The third-order valence-corrected chi connectivity index (χ3v) is 5.28. The third kappa shape index (κ3) is 2.74. The number of fused-ring (bicyclic) bond motifs is 5. The number of rotatable bonds is 6. The van der Waals surface area contributed by atoms with Crippen molar-refractivity contribution in [1.29, 1.82) is 0 Å². The standard InChI is InChI=1S/C18H21N3O5/c1-2-25-16-10(4-3-7-19-16)8-20-13(22)9-21-17(23)14-11-5-6-12(26-11)15(14)18(21)24/h3-4,7,11-12,14-15H,2,5-6,8-9H2,1H3,(H,20,22)/t11-,12-,14-,15-/m1/s1. The van der Waals surface area contributed by atoms with E-state index in [9.17, 15) is 14.4 Å². The number of aromatic nitrogens is 1. The summed E-state index contributed by atoms with van der Waals surface area (Å²) in [6.07, 6.45) is 2.91. The highest BCUT2D eigenvalue weighted by Gasteiger charge is 2.62. The van der Waals surface area contributed by atoms with Crippen molar-refractivity contribution in [2.45, 2.75) is 38.5 Å². The summed E-state index contributed by atoms with van der Waals surface area (Å²) in [7, 11) is 0. The summed E-state index contributed by atoms with van der Waals surface area (Å²) < 4.78 is 11.1. The molecule has 26 heavy (non-hydrogen) atoms. The molecule has 138 valence electrons. The van der Waals surface area contributed by atoms with E-state index in [1.54, 1.807) is 12.3 Å². The van der Waals surface area contributed by atoms with Gasteiger partial charge in [0.2, 0.25) is 23.6 Å². The Bertz CT molecular complexity index is 724. The first kappa shape index (κ1) is 17.0. The topological polar surface area (TPSA) is 97.8 Å². The van der Waals surface area contributed by atoms with E-state index in [1.807, 2.05) is 13.0 Å². The summed E-state index contributed by atoms with van der Waals surface area (Å²) in [6.45, 7) is 2.30. The Balaban J connectivity index is 1.37. The van der Waals surface area contributed by atoms with Crippen LogP contribution in [0, 0.1) is 11.8 Å². The smallest absolute Gasteiger partial charge is 0.240 e. The second kappa shape index (κ2) is 6.68. The highest BCUT2D eigenvalue weighted by molar-refractivity contribution is 6.08. The monoisotopic (exact) mass is 359 g/mol. The molecule has 4 heterocycles. The zero-order valence-corrected chi connectivity index (χ0v) is 14.5. The summed E-state index contributed by atoms with van der Waals surface area (Å²) in [6, 6.07) is 3.57.